The summed E-state index contributed by atoms with van der Waals surface area (Å²) in [6.07, 6.45) is 4.72. The van der Waals surface area contributed by atoms with Gasteiger partial charge in [0.15, 0.2) is 0 Å². The van der Waals surface area contributed by atoms with Crippen LogP contribution >= 0.6 is 12.2 Å². The summed E-state index contributed by atoms with van der Waals surface area (Å²) in [7, 11) is 4.18. The van der Waals surface area contributed by atoms with Crippen LogP contribution in [0.2, 0.25) is 0 Å². The number of likely N-dealkylation sites (N-methyl/N-ethyl adjacent to an activating group) is 1. The zero-order valence-electron chi connectivity index (χ0n) is 12.7. The second-order valence-electron chi connectivity index (χ2n) is 5.95. The van der Waals surface area contributed by atoms with Crippen molar-refractivity contribution in [2.75, 3.05) is 20.6 Å². The molecule has 1 aliphatic rings. The molecule has 0 heterocycles. The molecule has 114 valence electrons. The first-order valence-corrected chi connectivity index (χ1v) is 7.71. The summed E-state index contributed by atoms with van der Waals surface area (Å²) in [5.41, 5.74) is 7.03. The van der Waals surface area contributed by atoms with Gasteiger partial charge in [-0.25, -0.2) is 0 Å². The summed E-state index contributed by atoms with van der Waals surface area (Å²) in [6.45, 7) is 0.677. The molecule has 0 spiro atoms. The van der Waals surface area contributed by atoms with Crippen LogP contribution in [0.3, 0.4) is 0 Å². The van der Waals surface area contributed by atoms with Crippen LogP contribution in [0, 0.1) is 0 Å². The van der Waals surface area contributed by atoms with E-state index in [1.165, 1.54) is 12.8 Å². The molecular formula is C16H23N3OS. The third-order valence-electron chi connectivity index (χ3n) is 4.47. The van der Waals surface area contributed by atoms with Crippen LogP contribution in [0.4, 0.5) is 0 Å². The highest BCUT2D eigenvalue weighted by molar-refractivity contribution is 7.80. The van der Waals surface area contributed by atoms with Crippen LogP contribution in [0.1, 0.15) is 41.6 Å². The van der Waals surface area contributed by atoms with Gasteiger partial charge >= 0.3 is 0 Å². The smallest absolute Gasteiger partial charge is 0.251 e. The summed E-state index contributed by atoms with van der Waals surface area (Å²) >= 11 is 4.95. The highest BCUT2D eigenvalue weighted by atomic mass is 32.1. The molecule has 1 amide bonds. The number of hydrogen-bond donors (Lipinski definition) is 2. The Morgan fingerprint density at radius 3 is 2.52 bits per heavy atom. The minimum Gasteiger partial charge on any atom is -0.389 e. The molecule has 1 fully saturated rings. The van der Waals surface area contributed by atoms with E-state index in [2.05, 4.69) is 24.3 Å². The van der Waals surface area contributed by atoms with E-state index in [0.717, 1.165) is 18.4 Å². The molecule has 5 heteroatoms. The first kappa shape index (κ1) is 15.9. The first-order valence-electron chi connectivity index (χ1n) is 7.30. The molecule has 0 atom stereocenters. The molecule has 0 aliphatic heterocycles. The maximum atomic E-state index is 12.3. The van der Waals surface area contributed by atoms with E-state index < -0.39 is 0 Å². The summed E-state index contributed by atoms with van der Waals surface area (Å²) in [6, 6.07) is 7.15. The molecule has 0 unspecified atom stereocenters. The van der Waals surface area contributed by atoms with Crippen LogP contribution < -0.4 is 11.1 Å². The quantitative estimate of drug-likeness (QED) is 0.816. The van der Waals surface area contributed by atoms with E-state index in [0.29, 0.717) is 17.1 Å². The van der Waals surface area contributed by atoms with Gasteiger partial charge in [0, 0.05) is 23.2 Å². The lowest BCUT2D eigenvalue weighted by Gasteiger charge is -2.36. The van der Waals surface area contributed by atoms with Crippen LogP contribution in [-0.2, 0) is 0 Å². The summed E-state index contributed by atoms with van der Waals surface area (Å²) in [5.74, 6) is -0.0683. The van der Waals surface area contributed by atoms with E-state index in [9.17, 15) is 4.79 Å². The molecule has 1 aliphatic carbocycles. The molecule has 0 saturated heterocycles. The van der Waals surface area contributed by atoms with Gasteiger partial charge in [0.2, 0.25) is 0 Å². The Morgan fingerprint density at radius 2 is 1.95 bits per heavy atom. The summed E-state index contributed by atoms with van der Waals surface area (Å²) in [4.78, 5) is 14.9. The average molecular weight is 305 g/mol. The normalized spacial score (nSPS) is 16.9. The predicted octanol–water partition coefficient (Wildman–Crippen LogP) is 1.92. The zero-order valence-corrected chi connectivity index (χ0v) is 13.5. The van der Waals surface area contributed by atoms with E-state index in [1.54, 1.807) is 18.2 Å². The topological polar surface area (TPSA) is 58.4 Å². The van der Waals surface area contributed by atoms with Gasteiger partial charge in [-0.05, 0) is 39.1 Å². The number of benzene rings is 1. The maximum absolute atomic E-state index is 12.3. The Bertz CT molecular complexity index is 536. The van der Waals surface area contributed by atoms with Gasteiger partial charge < -0.3 is 16.0 Å². The summed E-state index contributed by atoms with van der Waals surface area (Å²) in [5, 5.41) is 3.06. The van der Waals surface area contributed by atoms with Crippen LogP contribution in [0.25, 0.3) is 0 Å². The van der Waals surface area contributed by atoms with Crippen LogP contribution in [0.5, 0.6) is 0 Å². The summed E-state index contributed by atoms with van der Waals surface area (Å²) < 4.78 is 0. The molecule has 2 rings (SSSR count). The predicted molar refractivity (Wildman–Crippen MR) is 89.5 cm³/mol. The van der Waals surface area contributed by atoms with Gasteiger partial charge in [0.05, 0.1) is 0 Å². The lowest BCUT2D eigenvalue weighted by molar-refractivity contribution is 0.0900. The third-order valence-corrected chi connectivity index (χ3v) is 4.71. The minimum absolute atomic E-state index is 0.0683. The van der Waals surface area contributed by atoms with Gasteiger partial charge in [0.25, 0.3) is 5.91 Å². The second-order valence-corrected chi connectivity index (χ2v) is 6.39. The SMILES string of the molecule is CN(C)C1(CNC(=O)c2cccc(C(N)=S)c2)CCCC1. The Hall–Kier alpha value is -1.46. The van der Waals surface area contributed by atoms with Crippen LogP contribution in [-0.4, -0.2) is 42.0 Å². The van der Waals surface area contributed by atoms with Gasteiger partial charge in [-0.3, -0.25) is 4.79 Å². The number of nitrogens with one attached hydrogen (secondary N) is 1. The van der Waals surface area contributed by atoms with Crippen molar-refractivity contribution in [1.82, 2.24) is 10.2 Å². The number of nitrogens with two attached hydrogens (primary N) is 1. The number of nitrogens with zero attached hydrogens (tertiary/aromatic N) is 1. The Kier molecular flexibility index (Phi) is 4.96. The minimum atomic E-state index is -0.0683. The van der Waals surface area contributed by atoms with Gasteiger partial charge in [-0.2, -0.15) is 0 Å². The number of hydrogen-bond acceptors (Lipinski definition) is 3. The maximum Gasteiger partial charge on any atom is 0.251 e. The van der Waals surface area contributed by atoms with E-state index in [-0.39, 0.29) is 11.4 Å². The lowest BCUT2D eigenvalue weighted by Crippen LogP contribution is -2.50. The van der Waals surface area contributed by atoms with Gasteiger partial charge in [0.1, 0.15) is 4.99 Å². The number of amides is 1. The molecular weight excluding hydrogens is 282 g/mol. The van der Waals surface area contributed by atoms with Crippen molar-refractivity contribution >= 4 is 23.1 Å². The highest BCUT2D eigenvalue weighted by Gasteiger charge is 2.36. The van der Waals surface area contributed by atoms with Crippen molar-refractivity contribution in [2.45, 2.75) is 31.2 Å². The Morgan fingerprint density at radius 1 is 1.33 bits per heavy atom. The van der Waals surface area contributed by atoms with Gasteiger partial charge in [-0.15, -0.1) is 0 Å². The van der Waals surface area contributed by atoms with Crippen molar-refractivity contribution < 1.29 is 4.79 Å². The van der Waals surface area contributed by atoms with Gasteiger partial charge in [-0.1, -0.05) is 37.2 Å². The number of carbonyl (C=O) groups excluding carboxylic acids is 1. The van der Waals surface area contributed by atoms with Crippen molar-refractivity contribution in [3.63, 3.8) is 0 Å². The molecule has 3 N–H and O–H groups in total. The van der Waals surface area contributed by atoms with E-state index in [1.807, 2.05) is 6.07 Å². The fourth-order valence-corrected chi connectivity index (χ4v) is 3.10. The van der Waals surface area contributed by atoms with Crippen molar-refractivity contribution in [2.24, 2.45) is 5.73 Å². The molecule has 1 aromatic rings. The van der Waals surface area contributed by atoms with Crippen molar-refractivity contribution in [1.29, 1.82) is 0 Å². The fourth-order valence-electron chi connectivity index (χ4n) is 2.98. The fraction of sp³-hybridized carbons (Fsp3) is 0.500. The first-order chi connectivity index (χ1) is 9.94. The third kappa shape index (κ3) is 3.60. The molecule has 0 radical (unpaired) electrons. The largest absolute Gasteiger partial charge is 0.389 e. The molecule has 1 saturated carbocycles. The highest BCUT2D eigenvalue weighted by Crippen LogP contribution is 2.33. The second kappa shape index (κ2) is 6.54. The standard InChI is InChI=1S/C16H23N3OS/c1-19(2)16(8-3-4-9-16)11-18-15(20)13-7-5-6-12(10-13)14(17)21/h5-7,10H,3-4,8-9,11H2,1-2H3,(H2,17,21)(H,18,20). The molecule has 0 bridgehead atoms. The monoisotopic (exact) mass is 305 g/mol. The molecule has 4 nitrogen and oxygen atoms in total. The lowest BCUT2D eigenvalue weighted by atomic mass is 9.96. The Balaban J connectivity index is 2.04. The number of carbonyl (C=O) groups is 1. The average Bonchev–Trinajstić information content (AvgIpc) is 2.95. The van der Waals surface area contributed by atoms with Crippen molar-refractivity contribution in [3.8, 4) is 0 Å². The van der Waals surface area contributed by atoms with Crippen molar-refractivity contribution in [3.05, 3.63) is 35.4 Å². The zero-order chi connectivity index (χ0) is 15.5. The van der Waals surface area contributed by atoms with E-state index in [4.69, 9.17) is 18.0 Å². The molecule has 21 heavy (non-hydrogen) atoms. The Labute approximate surface area is 131 Å². The number of thiocarbonyl (C=S) groups is 1. The van der Waals surface area contributed by atoms with Crippen LogP contribution in [0.15, 0.2) is 24.3 Å². The molecule has 1 aromatic carbocycles. The number of rotatable bonds is 5. The molecule has 0 aromatic heterocycles. The van der Waals surface area contributed by atoms with E-state index >= 15 is 0 Å².